The van der Waals surface area contributed by atoms with Crippen LogP contribution in [0.5, 0.6) is 0 Å². The summed E-state index contributed by atoms with van der Waals surface area (Å²) >= 11 is 0. The maximum absolute atomic E-state index is 4.29. The highest BCUT2D eigenvalue weighted by Gasteiger charge is 2.20. The topological polar surface area (TPSA) is 41.0 Å². The van der Waals surface area contributed by atoms with Gasteiger partial charge < -0.3 is 10.2 Å². The Balaban J connectivity index is 1.98. The third-order valence-corrected chi connectivity index (χ3v) is 2.85. The number of nitrogens with zero attached hydrogens (tertiary/aromatic N) is 3. The van der Waals surface area contributed by atoms with E-state index in [0.29, 0.717) is 0 Å². The molecule has 1 aliphatic heterocycles. The summed E-state index contributed by atoms with van der Waals surface area (Å²) < 4.78 is 0. The Morgan fingerprint density at radius 3 is 3.00 bits per heavy atom. The zero-order chi connectivity index (χ0) is 10.5. The highest BCUT2D eigenvalue weighted by atomic mass is 15.2. The zero-order valence-electron chi connectivity index (χ0n) is 9.19. The Bertz CT molecular complexity index is 286. The lowest BCUT2D eigenvalue weighted by Gasteiger charge is -2.32. The Labute approximate surface area is 90.7 Å². The zero-order valence-corrected chi connectivity index (χ0v) is 9.19. The average Bonchev–Trinajstić information content (AvgIpc) is 2.31. The van der Waals surface area contributed by atoms with E-state index in [2.05, 4.69) is 20.2 Å². The average molecular weight is 206 g/mol. The smallest absolute Gasteiger partial charge is 0.225 e. The van der Waals surface area contributed by atoms with E-state index in [9.17, 15) is 0 Å². The van der Waals surface area contributed by atoms with Crippen LogP contribution in [0.4, 0.5) is 5.95 Å². The van der Waals surface area contributed by atoms with E-state index in [4.69, 9.17) is 0 Å². The maximum Gasteiger partial charge on any atom is 0.225 e. The van der Waals surface area contributed by atoms with E-state index in [1.54, 1.807) is 0 Å². The Kier molecular flexibility index (Phi) is 3.50. The molecule has 1 aliphatic rings. The van der Waals surface area contributed by atoms with Gasteiger partial charge in [-0.05, 0) is 38.4 Å². The van der Waals surface area contributed by atoms with E-state index >= 15 is 0 Å². The number of hydrogen-bond donors (Lipinski definition) is 1. The summed E-state index contributed by atoms with van der Waals surface area (Å²) in [5.41, 5.74) is 0. The van der Waals surface area contributed by atoms with Crippen molar-refractivity contribution in [3.63, 3.8) is 0 Å². The molecule has 82 valence electrons. The standard InChI is InChI=1S/C11H18N4/c1-12-8-10-4-2-7-15(9-10)11-13-5-3-6-14-11/h3,5-6,10,12H,2,4,7-9H2,1H3/t10-/m0/s1. The SMILES string of the molecule is CNC[C@@H]1CCCN(c2ncccn2)C1. The van der Waals surface area contributed by atoms with Gasteiger partial charge in [-0.2, -0.15) is 0 Å². The van der Waals surface area contributed by atoms with E-state index in [1.807, 2.05) is 25.5 Å². The van der Waals surface area contributed by atoms with Gasteiger partial charge in [-0.3, -0.25) is 0 Å². The van der Waals surface area contributed by atoms with Crippen LogP contribution in [-0.4, -0.2) is 36.6 Å². The third-order valence-electron chi connectivity index (χ3n) is 2.85. The van der Waals surface area contributed by atoms with Gasteiger partial charge in [0, 0.05) is 25.5 Å². The maximum atomic E-state index is 4.29. The molecule has 1 fully saturated rings. The number of rotatable bonds is 3. The predicted octanol–water partition coefficient (Wildman–Crippen LogP) is 0.912. The second-order valence-electron chi connectivity index (χ2n) is 4.06. The molecule has 2 heterocycles. The van der Waals surface area contributed by atoms with Gasteiger partial charge in [0.15, 0.2) is 0 Å². The fraction of sp³-hybridized carbons (Fsp3) is 0.636. The minimum atomic E-state index is 0.729. The molecule has 2 rings (SSSR count). The normalized spacial score (nSPS) is 21.7. The fourth-order valence-corrected chi connectivity index (χ4v) is 2.16. The summed E-state index contributed by atoms with van der Waals surface area (Å²) in [6, 6.07) is 1.86. The number of nitrogens with one attached hydrogen (secondary N) is 1. The molecule has 15 heavy (non-hydrogen) atoms. The van der Waals surface area contributed by atoms with Crippen molar-refractivity contribution in [1.82, 2.24) is 15.3 Å². The van der Waals surface area contributed by atoms with Crippen LogP contribution in [0.25, 0.3) is 0 Å². The molecule has 0 unspecified atom stereocenters. The van der Waals surface area contributed by atoms with Crippen molar-refractivity contribution in [2.75, 3.05) is 31.6 Å². The Morgan fingerprint density at radius 1 is 1.47 bits per heavy atom. The number of piperidine rings is 1. The van der Waals surface area contributed by atoms with Gasteiger partial charge in [0.25, 0.3) is 0 Å². The minimum Gasteiger partial charge on any atom is -0.341 e. The van der Waals surface area contributed by atoms with Crippen LogP contribution in [0.2, 0.25) is 0 Å². The molecule has 4 heteroatoms. The number of hydrogen-bond acceptors (Lipinski definition) is 4. The summed E-state index contributed by atoms with van der Waals surface area (Å²) in [5, 5.41) is 3.24. The van der Waals surface area contributed by atoms with Crippen molar-refractivity contribution in [2.24, 2.45) is 5.92 Å². The lowest BCUT2D eigenvalue weighted by Crippen LogP contribution is -2.39. The summed E-state index contributed by atoms with van der Waals surface area (Å²) in [6.45, 7) is 3.25. The van der Waals surface area contributed by atoms with E-state index in [1.165, 1.54) is 12.8 Å². The first-order valence-electron chi connectivity index (χ1n) is 5.56. The first-order chi connectivity index (χ1) is 7.40. The summed E-state index contributed by atoms with van der Waals surface area (Å²) in [6.07, 6.45) is 6.17. The highest BCUT2D eigenvalue weighted by molar-refractivity contribution is 5.29. The van der Waals surface area contributed by atoms with Crippen LogP contribution in [0, 0.1) is 5.92 Å². The van der Waals surface area contributed by atoms with Crippen molar-refractivity contribution in [1.29, 1.82) is 0 Å². The highest BCUT2D eigenvalue weighted by Crippen LogP contribution is 2.18. The molecule has 0 bridgehead atoms. The first-order valence-corrected chi connectivity index (χ1v) is 5.56. The molecule has 0 saturated carbocycles. The fourth-order valence-electron chi connectivity index (χ4n) is 2.16. The molecular weight excluding hydrogens is 188 g/mol. The van der Waals surface area contributed by atoms with Crippen molar-refractivity contribution in [3.05, 3.63) is 18.5 Å². The van der Waals surface area contributed by atoms with Crippen LogP contribution >= 0.6 is 0 Å². The molecule has 1 atom stereocenters. The lowest BCUT2D eigenvalue weighted by atomic mass is 9.98. The van der Waals surface area contributed by atoms with E-state index < -0.39 is 0 Å². The summed E-state index contributed by atoms with van der Waals surface area (Å²) in [4.78, 5) is 10.9. The molecule has 1 aromatic rings. The first kappa shape index (κ1) is 10.4. The summed E-state index contributed by atoms with van der Waals surface area (Å²) in [5.74, 6) is 1.60. The molecule has 0 aliphatic carbocycles. The molecule has 0 amide bonds. The van der Waals surface area contributed by atoms with Crippen molar-refractivity contribution >= 4 is 5.95 Å². The van der Waals surface area contributed by atoms with Gasteiger partial charge in [0.2, 0.25) is 5.95 Å². The Hall–Kier alpha value is -1.16. The van der Waals surface area contributed by atoms with Crippen LogP contribution < -0.4 is 10.2 Å². The van der Waals surface area contributed by atoms with Crippen molar-refractivity contribution < 1.29 is 0 Å². The van der Waals surface area contributed by atoms with Gasteiger partial charge in [0.05, 0.1) is 0 Å². The number of aromatic nitrogens is 2. The van der Waals surface area contributed by atoms with Gasteiger partial charge in [-0.25, -0.2) is 9.97 Å². The second-order valence-corrected chi connectivity index (χ2v) is 4.06. The summed E-state index contributed by atoms with van der Waals surface area (Å²) in [7, 11) is 2.01. The molecule has 0 aromatic carbocycles. The third kappa shape index (κ3) is 2.65. The molecule has 1 aromatic heterocycles. The molecule has 0 spiro atoms. The van der Waals surface area contributed by atoms with Crippen molar-refractivity contribution in [3.8, 4) is 0 Å². The van der Waals surface area contributed by atoms with E-state index in [0.717, 1.165) is 31.5 Å². The predicted molar refractivity (Wildman–Crippen MR) is 60.9 cm³/mol. The quantitative estimate of drug-likeness (QED) is 0.798. The molecular formula is C11H18N4. The number of anilines is 1. The Morgan fingerprint density at radius 2 is 2.27 bits per heavy atom. The minimum absolute atomic E-state index is 0.729. The van der Waals surface area contributed by atoms with Gasteiger partial charge >= 0.3 is 0 Å². The molecule has 1 saturated heterocycles. The van der Waals surface area contributed by atoms with Crippen molar-refractivity contribution in [2.45, 2.75) is 12.8 Å². The largest absolute Gasteiger partial charge is 0.341 e. The van der Waals surface area contributed by atoms with E-state index in [-0.39, 0.29) is 0 Å². The monoisotopic (exact) mass is 206 g/mol. The van der Waals surface area contributed by atoms with Crippen LogP contribution in [-0.2, 0) is 0 Å². The molecule has 4 nitrogen and oxygen atoms in total. The van der Waals surface area contributed by atoms with Crippen LogP contribution in [0.1, 0.15) is 12.8 Å². The van der Waals surface area contributed by atoms with Gasteiger partial charge in [0.1, 0.15) is 0 Å². The molecule has 1 N–H and O–H groups in total. The molecule has 0 radical (unpaired) electrons. The van der Waals surface area contributed by atoms with Gasteiger partial charge in [-0.1, -0.05) is 0 Å². The lowest BCUT2D eigenvalue weighted by molar-refractivity contribution is 0.399. The van der Waals surface area contributed by atoms with Gasteiger partial charge in [-0.15, -0.1) is 0 Å². The van der Waals surface area contributed by atoms with Crippen LogP contribution in [0.15, 0.2) is 18.5 Å². The second kappa shape index (κ2) is 5.07. The van der Waals surface area contributed by atoms with Crippen LogP contribution in [0.3, 0.4) is 0 Å².